The zero-order valence-corrected chi connectivity index (χ0v) is 7.03. The van der Waals surface area contributed by atoms with Crippen LogP contribution in [0.2, 0.25) is 0 Å². The second kappa shape index (κ2) is 2.54. The number of aromatic nitrogens is 2. The van der Waals surface area contributed by atoms with Crippen LogP contribution in [0.15, 0.2) is 10.9 Å². The Kier molecular flexibility index (Phi) is 1.87. The summed E-state index contributed by atoms with van der Waals surface area (Å²) in [6.07, 6.45) is 0. The molecule has 0 aliphatic carbocycles. The van der Waals surface area contributed by atoms with Crippen LogP contribution in [0.4, 0.5) is 0 Å². The second-order valence-corrected chi connectivity index (χ2v) is 2.74. The van der Waals surface area contributed by atoms with E-state index in [4.69, 9.17) is 5.73 Å². The van der Waals surface area contributed by atoms with Crippen molar-refractivity contribution in [3.63, 3.8) is 0 Å². The Hall–Kier alpha value is -1.03. The molecule has 1 atom stereocenters. The molecule has 4 nitrogen and oxygen atoms in total. The lowest BCUT2D eigenvalue weighted by molar-refractivity contribution is 0.539. The van der Waals surface area contributed by atoms with Crippen LogP contribution in [0.3, 0.4) is 0 Å². The van der Waals surface area contributed by atoms with Crippen LogP contribution in [0, 0.1) is 0 Å². The average molecular weight is 155 g/mol. The Labute approximate surface area is 65.2 Å². The highest BCUT2D eigenvalue weighted by atomic mass is 16.1. The van der Waals surface area contributed by atoms with Crippen molar-refractivity contribution in [2.75, 3.05) is 0 Å². The van der Waals surface area contributed by atoms with Crippen molar-refractivity contribution in [3.05, 3.63) is 22.1 Å². The van der Waals surface area contributed by atoms with Crippen molar-refractivity contribution in [2.24, 2.45) is 19.8 Å². The summed E-state index contributed by atoms with van der Waals surface area (Å²) < 4.78 is 3.28. The summed E-state index contributed by atoms with van der Waals surface area (Å²) in [7, 11) is 3.54. The third-order valence-corrected chi connectivity index (χ3v) is 1.88. The minimum Gasteiger partial charge on any atom is -0.323 e. The molecule has 0 spiro atoms. The van der Waals surface area contributed by atoms with Crippen LogP contribution in [-0.2, 0) is 14.1 Å². The highest BCUT2D eigenvalue weighted by Gasteiger charge is 2.07. The fourth-order valence-electron chi connectivity index (χ4n) is 1.06. The summed E-state index contributed by atoms with van der Waals surface area (Å²) in [6.45, 7) is 1.86. The van der Waals surface area contributed by atoms with Gasteiger partial charge in [-0.05, 0) is 6.92 Å². The molecule has 0 saturated carbocycles. The normalized spacial score (nSPS) is 13.5. The third kappa shape index (κ3) is 1.21. The van der Waals surface area contributed by atoms with Crippen molar-refractivity contribution < 1.29 is 0 Å². The number of nitrogens with two attached hydrogens (primary N) is 1. The van der Waals surface area contributed by atoms with E-state index in [1.54, 1.807) is 17.8 Å². The molecule has 1 heterocycles. The van der Waals surface area contributed by atoms with Crippen molar-refractivity contribution >= 4 is 0 Å². The Morgan fingerprint density at radius 3 is 2.18 bits per heavy atom. The van der Waals surface area contributed by atoms with Gasteiger partial charge in [0.2, 0.25) is 0 Å². The first kappa shape index (κ1) is 8.07. The number of hydrogen-bond acceptors (Lipinski definition) is 2. The van der Waals surface area contributed by atoms with Crippen LogP contribution in [-0.4, -0.2) is 9.36 Å². The van der Waals surface area contributed by atoms with E-state index in [9.17, 15) is 4.79 Å². The fraction of sp³-hybridized carbons (Fsp3) is 0.571. The molecule has 11 heavy (non-hydrogen) atoms. The quantitative estimate of drug-likeness (QED) is 0.607. The van der Waals surface area contributed by atoms with E-state index in [0.717, 1.165) is 5.69 Å². The maximum absolute atomic E-state index is 11.1. The summed E-state index contributed by atoms with van der Waals surface area (Å²) in [5, 5.41) is 0. The van der Waals surface area contributed by atoms with Gasteiger partial charge in [-0.1, -0.05) is 0 Å². The molecule has 1 rings (SSSR count). The maximum atomic E-state index is 11.1. The van der Waals surface area contributed by atoms with Gasteiger partial charge in [0.1, 0.15) is 0 Å². The molecule has 0 aliphatic heterocycles. The topological polar surface area (TPSA) is 53.0 Å². The molecule has 0 aliphatic rings. The largest absolute Gasteiger partial charge is 0.323 e. The van der Waals surface area contributed by atoms with E-state index >= 15 is 0 Å². The first-order valence-corrected chi connectivity index (χ1v) is 3.52. The summed E-state index contributed by atoms with van der Waals surface area (Å²) in [4.78, 5) is 11.1. The summed E-state index contributed by atoms with van der Waals surface area (Å²) in [5.74, 6) is 0. The van der Waals surface area contributed by atoms with Crippen molar-refractivity contribution in [1.82, 2.24) is 9.36 Å². The molecule has 4 heteroatoms. The molecular formula is C7H13N3O. The van der Waals surface area contributed by atoms with Crippen LogP contribution in [0.25, 0.3) is 0 Å². The van der Waals surface area contributed by atoms with Crippen LogP contribution in [0.5, 0.6) is 0 Å². The lowest BCUT2D eigenvalue weighted by Gasteiger charge is -2.07. The molecule has 1 aromatic rings. The molecular weight excluding hydrogens is 142 g/mol. The molecule has 0 aromatic carbocycles. The first-order valence-electron chi connectivity index (χ1n) is 3.52. The smallest absolute Gasteiger partial charge is 0.266 e. The van der Waals surface area contributed by atoms with Gasteiger partial charge in [-0.3, -0.25) is 14.2 Å². The Morgan fingerprint density at radius 1 is 1.45 bits per heavy atom. The van der Waals surface area contributed by atoms with Gasteiger partial charge in [0.05, 0.1) is 5.69 Å². The molecule has 0 saturated heterocycles. The molecule has 0 bridgehead atoms. The molecule has 0 radical (unpaired) electrons. The van der Waals surface area contributed by atoms with Gasteiger partial charge in [0.25, 0.3) is 5.56 Å². The molecule has 0 fully saturated rings. The fourth-order valence-corrected chi connectivity index (χ4v) is 1.06. The Balaban J connectivity index is 3.30. The van der Waals surface area contributed by atoms with Gasteiger partial charge in [-0.25, -0.2) is 0 Å². The van der Waals surface area contributed by atoms with E-state index in [-0.39, 0.29) is 11.6 Å². The summed E-state index contributed by atoms with van der Waals surface area (Å²) >= 11 is 0. The lowest BCUT2D eigenvalue weighted by Crippen LogP contribution is -2.18. The Bertz CT molecular complexity index is 308. The highest BCUT2D eigenvalue weighted by molar-refractivity contribution is 5.05. The van der Waals surface area contributed by atoms with Gasteiger partial charge < -0.3 is 5.73 Å². The molecule has 0 unspecified atom stereocenters. The van der Waals surface area contributed by atoms with Crippen molar-refractivity contribution in [3.8, 4) is 0 Å². The minimum absolute atomic E-state index is 0.0141. The van der Waals surface area contributed by atoms with Gasteiger partial charge in [0, 0.05) is 26.2 Å². The van der Waals surface area contributed by atoms with E-state index in [0.29, 0.717) is 0 Å². The first-order chi connectivity index (χ1) is 5.04. The van der Waals surface area contributed by atoms with Crippen LogP contribution < -0.4 is 11.3 Å². The zero-order valence-electron chi connectivity index (χ0n) is 7.03. The number of nitrogens with zero attached hydrogens (tertiary/aromatic N) is 2. The van der Waals surface area contributed by atoms with Gasteiger partial charge in [0.15, 0.2) is 0 Å². The van der Waals surface area contributed by atoms with Gasteiger partial charge in [-0.2, -0.15) is 0 Å². The zero-order chi connectivity index (χ0) is 8.59. The van der Waals surface area contributed by atoms with Crippen LogP contribution in [0.1, 0.15) is 18.7 Å². The van der Waals surface area contributed by atoms with Crippen molar-refractivity contribution in [1.29, 1.82) is 0 Å². The minimum atomic E-state index is -0.0890. The van der Waals surface area contributed by atoms with E-state index < -0.39 is 0 Å². The third-order valence-electron chi connectivity index (χ3n) is 1.88. The van der Waals surface area contributed by atoms with Crippen molar-refractivity contribution in [2.45, 2.75) is 13.0 Å². The molecule has 1 aromatic heterocycles. The number of hydrogen-bond donors (Lipinski definition) is 1. The average Bonchev–Trinajstić information content (AvgIpc) is 2.17. The highest BCUT2D eigenvalue weighted by Crippen LogP contribution is 2.04. The van der Waals surface area contributed by atoms with E-state index in [2.05, 4.69) is 0 Å². The maximum Gasteiger partial charge on any atom is 0.266 e. The summed E-state index contributed by atoms with van der Waals surface area (Å²) in [6, 6.07) is 1.47. The van der Waals surface area contributed by atoms with Gasteiger partial charge in [-0.15, -0.1) is 0 Å². The molecule has 62 valence electrons. The monoisotopic (exact) mass is 155 g/mol. The predicted octanol–water partition coefficient (Wildman–Crippen LogP) is -0.257. The SMILES string of the molecule is C[C@H](N)c1cc(=O)n(C)n1C. The standard InChI is InChI=1S/C7H13N3O/c1-5(8)6-4-7(11)10(3)9(6)2/h4-5H,8H2,1-3H3/t5-/m0/s1. The van der Waals surface area contributed by atoms with E-state index in [1.165, 1.54) is 4.68 Å². The second-order valence-electron chi connectivity index (χ2n) is 2.74. The van der Waals surface area contributed by atoms with E-state index in [1.807, 2.05) is 14.0 Å². The molecule has 0 amide bonds. The van der Waals surface area contributed by atoms with Crippen LogP contribution >= 0.6 is 0 Å². The van der Waals surface area contributed by atoms with Gasteiger partial charge >= 0.3 is 0 Å². The molecule has 2 N–H and O–H groups in total. The predicted molar refractivity (Wildman–Crippen MR) is 43.3 cm³/mol. The lowest BCUT2D eigenvalue weighted by atomic mass is 10.2. The Morgan fingerprint density at radius 2 is 2.00 bits per heavy atom. The summed E-state index contributed by atoms with van der Waals surface area (Å²) in [5.41, 5.74) is 6.47. The number of rotatable bonds is 1.